The van der Waals surface area contributed by atoms with Crippen molar-refractivity contribution in [2.24, 2.45) is 0 Å². The molecule has 28 heavy (non-hydrogen) atoms. The second kappa shape index (κ2) is 9.60. The molecule has 2 aromatic rings. The van der Waals surface area contributed by atoms with Gasteiger partial charge in [-0.25, -0.2) is 0 Å². The highest BCUT2D eigenvalue weighted by molar-refractivity contribution is 5.96. The third-order valence-corrected chi connectivity index (χ3v) is 5.46. The van der Waals surface area contributed by atoms with Gasteiger partial charge in [0.05, 0.1) is 0 Å². The minimum Gasteiger partial charge on any atom is -0.374 e. The van der Waals surface area contributed by atoms with Gasteiger partial charge in [0, 0.05) is 43.2 Å². The molecule has 0 bridgehead atoms. The fourth-order valence-corrected chi connectivity index (χ4v) is 3.48. The summed E-state index contributed by atoms with van der Waals surface area (Å²) in [6, 6.07) is 16.1. The molecule has 0 saturated carbocycles. The summed E-state index contributed by atoms with van der Waals surface area (Å²) in [6.07, 6.45) is 0.996. The maximum Gasteiger partial charge on any atom is 0.246 e. The SMILES string of the molecule is CCc1ccc(NC(=O)[C@H](C)Nc2ccc(N3CCN(CC)CC3)cc2)cc1. The van der Waals surface area contributed by atoms with Crippen LogP contribution in [-0.4, -0.2) is 49.6 Å². The smallest absolute Gasteiger partial charge is 0.246 e. The Kier molecular flexibility index (Phi) is 6.93. The molecule has 0 aliphatic carbocycles. The first kappa shape index (κ1) is 20.2. The highest BCUT2D eigenvalue weighted by Gasteiger charge is 2.16. The van der Waals surface area contributed by atoms with Crippen LogP contribution in [0, 0.1) is 0 Å². The molecule has 0 aromatic heterocycles. The van der Waals surface area contributed by atoms with Crippen molar-refractivity contribution in [1.82, 2.24) is 4.90 Å². The summed E-state index contributed by atoms with van der Waals surface area (Å²) in [5.74, 6) is -0.0380. The van der Waals surface area contributed by atoms with Gasteiger partial charge in [-0.3, -0.25) is 4.79 Å². The first-order valence-corrected chi connectivity index (χ1v) is 10.3. The van der Waals surface area contributed by atoms with Gasteiger partial charge >= 0.3 is 0 Å². The summed E-state index contributed by atoms with van der Waals surface area (Å²) in [5, 5.41) is 6.26. The number of anilines is 3. The van der Waals surface area contributed by atoms with Crippen LogP contribution in [0.5, 0.6) is 0 Å². The van der Waals surface area contributed by atoms with E-state index in [1.807, 2.05) is 31.2 Å². The lowest BCUT2D eigenvalue weighted by molar-refractivity contribution is -0.116. The van der Waals surface area contributed by atoms with E-state index in [1.54, 1.807) is 0 Å². The molecular weight excluding hydrogens is 348 g/mol. The topological polar surface area (TPSA) is 47.6 Å². The van der Waals surface area contributed by atoms with Gasteiger partial charge in [-0.15, -0.1) is 0 Å². The molecule has 5 nitrogen and oxygen atoms in total. The van der Waals surface area contributed by atoms with Crippen LogP contribution < -0.4 is 15.5 Å². The van der Waals surface area contributed by atoms with Gasteiger partial charge in [0.2, 0.25) is 5.91 Å². The number of hydrogen-bond acceptors (Lipinski definition) is 4. The van der Waals surface area contributed by atoms with Crippen LogP contribution in [0.4, 0.5) is 17.1 Å². The molecule has 1 amide bonds. The predicted molar refractivity (Wildman–Crippen MR) is 118 cm³/mol. The lowest BCUT2D eigenvalue weighted by Crippen LogP contribution is -2.46. The van der Waals surface area contributed by atoms with E-state index in [0.29, 0.717) is 0 Å². The lowest BCUT2D eigenvalue weighted by Gasteiger charge is -2.35. The zero-order chi connectivity index (χ0) is 19.9. The number of carbonyl (C=O) groups excluding carboxylic acids is 1. The molecule has 1 aliphatic heterocycles. The minimum absolute atomic E-state index is 0.0380. The fourth-order valence-electron chi connectivity index (χ4n) is 3.48. The van der Waals surface area contributed by atoms with E-state index in [4.69, 9.17) is 0 Å². The Bertz CT molecular complexity index is 749. The molecule has 2 aromatic carbocycles. The summed E-state index contributed by atoms with van der Waals surface area (Å²) in [4.78, 5) is 17.4. The number of aryl methyl sites for hydroxylation is 1. The molecule has 0 radical (unpaired) electrons. The number of amides is 1. The van der Waals surface area contributed by atoms with E-state index in [9.17, 15) is 4.79 Å². The fraction of sp³-hybridized carbons (Fsp3) is 0.435. The van der Waals surface area contributed by atoms with Crippen LogP contribution in [0.2, 0.25) is 0 Å². The molecule has 1 saturated heterocycles. The molecule has 5 heteroatoms. The average molecular weight is 381 g/mol. The normalized spacial score (nSPS) is 15.9. The van der Waals surface area contributed by atoms with Crippen molar-refractivity contribution in [3.63, 3.8) is 0 Å². The van der Waals surface area contributed by atoms with Crippen LogP contribution in [0.25, 0.3) is 0 Å². The quantitative estimate of drug-likeness (QED) is 0.766. The standard InChI is InChI=1S/C23H32N4O/c1-4-19-6-8-21(9-7-19)25-23(28)18(3)24-20-10-12-22(13-11-20)27-16-14-26(5-2)15-17-27/h6-13,18,24H,4-5,14-17H2,1-3H3,(H,25,28)/t18-/m0/s1. The number of piperazine rings is 1. The van der Waals surface area contributed by atoms with E-state index < -0.39 is 0 Å². The van der Waals surface area contributed by atoms with Gasteiger partial charge in [-0.2, -0.15) is 0 Å². The first-order chi connectivity index (χ1) is 13.6. The second-order valence-corrected chi connectivity index (χ2v) is 7.37. The second-order valence-electron chi connectivity index (χ2n) is 7.37. The number of nitrogens with zero attached hydrogens (tertiary/aromatic N) is 2. The maximum atomic E-state index is 12.5. The third-order valence-electron chi connectivity index (χ3n) is 5.46. The minimum atomic E-state index is -0.315. The summed E-state index contributed by atoms with van der Waals surface area (Å²) >= 11 is 0. The highest BCUT2D eigenvalue weighted by Crippen LogP contribution is 2.20. The van der Waals surface area contributed by atoms with Crippen molar-refractivity contribution >= 4 is 23.0 Å². The van der Waals surface area contributed by atoms with Crippen LogP contribution in [0.3, 0.4) is 0 Å². The Balaban J connectivity index is 1.52. The van der Waals surface area contributed by atoms with Gasteiger partial charge < -0.3 is 20.4 Å². The van der Waals surface area contributed by atoms with Crippen LogP contribution in [0.15, 0.2) is 48.5 Å². The first-order valence-electron chi connectivity index (χ1n) is 10.3. The van der Waals surface area contributed by atoms with Gasteiger partial charge in [-0.1, -0.05) is 26.0 Å². The number of nitrogens with one attached hydrogen (secondary N) is 2. The summed E-state index contributed by atoms with van der Waals surface area (Å²) < 4.78 is 0. The molecule has 3 rings (SSSR count). The molecule has 1 atom stereocenters. The molecule has 2 N–H and O–H groups in total. The van der Waals surface area contributed by atoms with Crippen molar-refractivity contribution in [1.29, 1.82) is 0 Å². The Labute approximate surface area is 168 Å². The van der Waals surface area contributed by atoms with Crippen molar-refractivity contribution in [3.05, 3.63) is 54.1 Å². The maximum absolute atomic E-state index is 12.5. The Morgan fingerprint density at radius 2 is 1.54 bits per heavy atom. The lowest BCUT2D eigenvalue weighted by atomic mass is 10.1. The zero-order valence-corrected chi connectivity index (χ0v) is 17.2. The van der Waals surface area contributed by atoms with E-state index in [1.165, 1.54) is 11.3 Å². The summed E-state index contributed by atoms with van der Waals surface area (Å²) in [7, 11) is 0. The largest absolute Gasteiger partial charge is 0.374 e. The Hall–Kier alpha value is -2.53. The van der Waals surface area contributed by atoms with Gasteiger partial charge in [-0.05, 0) is 61.9 Å². The average Bonchev–Trinajstić information content (AvgIpc) is 2.75. The number of benzene rings is 2. The molecule has 1 fully saturated rings. The number of likely N-dealkylation sites (N-methyl/N-ethyl adjacent to an activating group) is 1. The van der Waals surface area contributed by atoms with E-state index in [0.717, 1.165) is 50.5 Å². The van der Waals surface area contributed by atoms with E-state index in [-0.39, 0.29) is 11.9 Å². The van der Waals surface area contributed by atoms with Crippen molar-refractivity contribution in [2.75, 3.05) is 48.3 Å². The van der Waals surface area contributed by atoms with Crippen molar-refractivity contribution in [2.45, 2.75) is 33.2 Å². The number of rotatable bonds is 7. The molecule has 0 spiro atoms. The molecular formula is C23H32N4O. The highest BCUT2D eigenvalue weighted by atomic mass is 16.2. The van der Waals surface area contributed by atoms with Crippen molar-refractivity contribution in [3.8, 4) is 0 Å². The van der Waals surface area contributed by atoms with E-state index >= 15 is 0 Å². The van der Waals surface area contributed by atoms with Crippen LogP contribution >= 0.6 is 0 Å². The molecule has 0 unspecified atom stereocenters. The van der Waals surface area contributed by atoms with Gasteiger partial charge in [0.25, 0.3) is 0 Å². The van der Waals surface area contributed by atoms with Gasteiger partial charge in [0.15, 0.2) is 0 Å². The Morgan fingerprint density at radius 3 is 2.11 bits per heavy atom. The van der Waals surface area contributed by atoms with Crippen molar-refractivity contribution < 1.29 is 4.79 Å². The predicted octanol–water partition coefficient (Wildman–Crippen LogP) is 3.83. The summed E-state index contributed by atoms with van der Waals surface area (Å²) in [6.45, 7) is 11.7. The number of hydrogen-bond donors (Lipinski definition) is 2. The van der Waals surface area contributed by atoms with Crippen LogP contribution in [-0.2, 0) is 11.2 Å². The molecule has 150 valence electrons. The third kappa shape index (κ3) is 5.26. The zero-order valence-electron chi connectivity index (χ0n) is 17.2. The Morgan fingerprint density at radius 1 is 0.929 bits per heavy atom. The molecule has 1 aliphatic rings. The van der Waals surface area contributed by atoms with Gasteiger partial charge in [0.1, 0.15) is 6.04 Å². The van der Waals surface area contributed by atoms with Crippen LogP contribution in [0.1, 0.15) is 26.3 Å². The molecule has 1 heterocycles. The van der Waals surface area contributed by atoms with E-state index in [2.05, 4.69) is 58.5 Å². The summed E-state index contributed by atoms with van der Waals surface area (Å²) in [5.41, 5.74) is 4.30. The monoisotopic (exact) mass is 380 g/mol. The number of carbonyl (C=O) groups is 1.